The lowest BCUT2D eigenvalue weighted by Crippen LogP contribution is -2.30. The molecule has 1 atom stereocenters. The molecule has 29 heavy (non-hydrogen) atoms. The van der Waals surface area contributed by atoms with E-state index in [0.29, 0.717) is 18.7 Å². The van der Waals surface area contributed by atoms with Gasteiger partial charge in [0.05, 0.1) is 21.6 Å². The molecule has 0 aromatic heterocycles. The Morgan fingerprint density at radius 1 is 1.24 bits per heavy atom. The lowest BCUT2D eigenvalue weighted by molar-refractivity contribution is -0.118. The van der Waals surface area contributed by atoms with Crippen LogP contribution >= 0.6 is 11.8 Å². The Morgan fingerprint density at radius 3 is 2.83 bits per heavy atom. The summed E-state index contributed by atoms with van der Waals surface area (Å²) in [5.41, 5.74) is 2.50. The molecule has 4 rings (SSSR count). The van der Waals surface area contributed by atoms with Crippen LogP contribution in [0, 0.1) is 0 Å². The first kappa shape index (κ1) is 20.0. The molecule has 2 aliphatic rings. The first-order valence-electron chi connectivity index (χ1n) is 9.61. The maximum atomic E-state index is 12.8. The molecular formula is C21H22N2O4S2. The Bertz CT molecular complexity index is 1080. The highest BCUT2D eigenvalue weighted by atomic mass is 32.2. The molecule has 6 nitrogen and oxygen atoms in total. The first-order chi connectivity index (χ1) is 13.9. The van der Waals surface area contributed by atoms with E-state index in [1.165, 1.54) is 17.8 Å². The van der Waals surface area contributed by atoms with Gasteiger partial charge in [-0.25, -0.2) is 8.42 Å². The van der Waals surface area contributed by atoms with Crippen LogP contribution in [0.4, 0.5) is 11.4 Å². The SMILES string of the molecule is CCC1Sc2ccc(S(=O)(=O)CCC(=O)N3CCc4ccccc43)cc2NC1=O. The summed E-state index contributed by atoms with van der Waals surface area (Å²) in [5, 5.41) is 2.63. The van der Waals surface area contributed by atoms with Crippen LogP contribution in [0.25, 0.3) is 0 Å². The van der Waals surface area contributed by atoms with Crippen LogP contribution in [0.5, 0.6) is 0 Å². The van der Waals surface area contributed by atoms with Gasteiger partial charge in [0.2, 0.25) is 11.8 Å². The van der Waals surface area contributed by atoms with Crippen molar-refractivity contribution < 1.29 is 18.0 Å². The second kappa shape index (κ2) is 7.84. The zero-order chi connectivity index (χ0) is 20.6. The Morgan fingerprint density at radius 2 is 2.03 bits per heavy atom. The number of nitrogens with zero attached hydrogens (tertiary/aromatic N) is 1. The first-order valence-corrected chi connectivity index (χ1v) is 12.1. The fraction of sp³-hybridized carbons (Fsp3) is 0.333. The minimum absolute atomic E-state index is 0.0766. The van der Waals surface area contributed by atoms with Crippen molar-refractivity contribution >= 4 is 44.8 Å². The Hall–Kier alpha value is -2.32. The third-order valence-electron chi connectivity index (χ3n) is 5.27. The highest BCUT2D eigenvalue weighted by molar-refractivity contribution is 8.01. The van der Waals surface area contributed by atoms with Crippen molar-refractivity contribution in [2.45, 2.75) is 41.2 Å². The summed E-state index contributed by atoms with van der Waals surface area (Å²) < 4.78 is 25.6. The molecule has 0 bridgehead atoms. The number of hydrogen-bond donors (Lipinski definition) is 1. The standard InChI is InChI=1S/C21H22N2O4S2/c1-2-18-21(25)22-16-13-15(7-8-19(16)28-18)29(26,27)12-10-20(24)23-11-9-14-5-3-4-6-17(14)23/h3-8,13,18H,2,9-12H2,1H3,(H,22,25). The molecule has 0 saturated carbocycles. The van der Waals surface area contributed by atoms with E-state index in [0.717, 1.165) is 22.6 Å². The summed E-state index contributed by atoms with van der Waals surface area (Å²) >= 11 is 1.45. The topological polar surface area (TPSA) is 83.6 Å². The fourth-order valence-electron chi connectivity index (χ4n) is 3.66. The molecule has 2 aromatic carbocycles. The predicted molar refractivity (Wildman–Crippen MR) is 114 cm³/mol. The van der Waals surface area contributed by atoms with E-state index in [1.807, 2.05) is 31.2 Å². The van der Waals surface area contributed by atoms with E-state index in [1.54, 1.807) is 17.0 Å². The van der Waals surface area contributed by atoms with Crippen LogP contribution in [-0.4, -0.2) is 37.8 Å². The highest BCUT2D eigenvalue weighted by Gasteiger charge is 2.28. The van der Waals surface area contributed by atoms with E-state index in [9.17, 15) is 18.0 Å². The number of carbonyl (C=O) groups is 2. The van der Waals surface area contributed by atoms with E-state index < -0.39 is 9.84 Å². The van der Waals surface area contributed by atoms with Gasteiger partial charge in [-0.1, -0.05) is 25.1 Å². The number of rotatable bonds is 5. The third-order valence-corrected chi connectivity index (χ3v) is 8.43. The number of fused-ring (bicyclic) bond motifs is 2. The smallest absolute Gasteiger partial charge is 0.237 e. The van der Waals surface area contributed by atoms with Crippen molar-refractivity contribution in [1.82, 2.24) is 0 Å². The number of anilines is 2. The molecule has 1 unspecified atom stereocenters. The normalized spacial score (nSPS) is 18.2. The fourth-order valence-corrected chi connectivity index (χ4v) is 5.94. The van der Waals surface area contributed by atoms with Gasteiger partial charge in [-0.05, 0) is 42.7 Å². The summed E-state index contributed by atoms with van der Waals surface area (Å²) in [5.74, 6) is -0.560. The van der Waals surface area contributed by atoms with Gasteiger partial charge >= 0.3 is 0 Å². The highest BCUT2D eigenvalue weighted by Crippen LogP contribution is 2.38. The molecule has 2 amide bonds. The summed E-state index contributed by atoms with van der Waals surface area (Å²) in [4.78, 5) is 27.4. The van der Waals surface area contributed by atoms with E-state index >= 15 is 0 Å². The Labute approximate surface area is 174 Å². The second-order valence-corrected chi connectivity index (χ2v) is 10.5. The predicted octanol–water partition coefficient (Wildman–Crippen LogP) is 3.26. The van der Waals surface area contributed by atoms with Crippen molar-refractivity contribution in [2.24, 2.45) is 0 Å². The van der Waals surface area contributed by atoms with Gasteiger partial charge in [0.15, 0.2) is 9.84 Å². The average Bonchev–Trinajstić information content (AvgIpc) is 3.15. The Balaban J connectivity index is 1.47. The molecule has 0 saturated heterocycles. The molecule has 0 fully saturated rings. The van der Waals surface area contributed by atoms with Gasteiger partial charge in [-0.2, -0.15) is 0 Å². The minimum atomic E-state index is -3.64. The summed E-state index contributed by atoms with van der Waals surface area (Å²) in [6.45, 7) is 2.52. The molecule has 0 spiro atoms. The maximum absolute atomic E-state index is 12.8. The molecule has 0 aliphatic carbocycles. The van der Waals surface area contributed by atoms with Crippen LogP contribution in [0.2, 0.25) is 0 Å². The van der Waals surface area contributed by atoms with Crippen molar-refractivity contribution in [3.8, 4) is 0 Å². The zero-order valence-electron chi connectivity index (χ0n) is 16.1. The lowest BCUT2D eigenvalue weighted by atomic mass is 10.2. The second-order valence-electron chi connectivity index (χ2n) is 7.15. The van der Waals surface area contributed by atoms with E-state index in [2.05, 4.69) is 5.32 Å². The third kappa shape index (κ3) is 3.91. The molecule has 152 valence electrons. The summed E-state index contributed by atoms with van der Waals surface area (Å²) in [7, 11) is -3.64. The van der Waals surface area contributed by atoms with Crippen molar-refractivity contribution in [3.05, 3.63) is 48.0 Å². The monoisotopic (exact) mass is 430 g/mol. The number of hydrogen-bond acceptors (Lipinski definition) is 5. The lowest BCUT2D eigenvalue weighted by Gasteiger charge is -2.23. The van der Waals surface area contributed by atoms with Crippen LogP contribution < -0.4 is 10.2 Å². The van der Waals surface area contributed by atoms with Crippen LogP contribution in [0.3, 0.4) is 0 Å². The van der Waals surface area contributed by atoms with Gasteiger partial charge in [0.25, 0.3) is 0 Å². The van der Waals surface area contributed by atoms with E-state index in [4.69, 9.17) is 0 Å². The van der Waals surface area contributed by atoms with Crippen molar-refractivity contribution in [3.63, 3.8) is 0 Å². The zero-order valence-corrected chi connectivity index (χ0v) is 17.7. The summed E-state index contributed by atoms with van der Waals surface area (Å²) in [6.07, 6.45) is 1.42. The van der Waals surface area contributed by atoms with Gasteiger partial charge < -0.3 is 10.2 Å². The van der Waals surface area contributed by atoms with Crippen LogP contribution in [-0.2, 0) is 25.8 Å². The molecule has 8 heteroatoms. The number of benzene rings is 2. The molecule has 2 aromatic rings. The van der Waals surface area contributed by atoms with Gasteiger partial charge in [-0.3, -0.25) is 9.59 Å². The molecule has 2 heterocycles. The number of sulfone groups is 1. The van der Waals surface area contributed by atoms with Gasteiger partial charge in [-0.15, -0.1) is 11.8 Å². The number of nitrogens with one attached hydrogen (secondary N) is 1. The minimum Gasteiger partial charge on any atom is -0.324 e. The average molecular weight is 431 g/mol. The Kier molecular flexibility index (Phi) is 5.40. The quantitative estimate of drug-likeness (QED) is 0.787. The van der Waals surface area contributed by atoms with Crippen molar-refractivity contribution in [1.29, 1.82) is 0 Å². The number of carbonyl (C=O) groups excluding carboxylic acids is 2. The van der Waals surface area contributed by atoms with Crippen LogP contribution in [0.15, 0.2) is 52.3 Å². The molecule has 0 radical (unpaired) electrons. The number of amides is 2. The van der Waals surface area contributed by atoms with Gasteiger partial charge in [0, 0.05) is 23.5 Å². The van der Waals surface area contributed by atoms with Gasteiger partial charge in [0.1, 0.15) is 0 Å². The molecule has 2 aliphatic heterocycles. The largest absolute Gasteiger partial charge is 0.324 e. The number of thioether (sulfide) groups is 1. The molecular weight excluding hydrogens is 408 g/mol. The van der Waals surface area contributed by atoms with E-state index in [-0.39, 0.29) is 34.1 Å². The number of para-hydroxylation sites is 1. The van der Waals surface area contributed by atoms with Crippen LogP contribution in [0.1, 0.15) is 25.3 Å². The molecule has 1 N–H and O–H groups in total. The maximum Gasteiger partial charge on any atom is 0.237 e. The summed E-state index contributed by atoms with van der Waals surface area (Å²) in [6, 6.07) is 12.5. The van der Waals surface area contributed by atoms with Crippen molar-refractivity contribution in [2.75, 3.05) is 22.5 Å².